The molecule has 0 spiro atoms. The summed E-state index contributed by atoms with van der Waals surface area (Å²) in [6.45, 7) is 12.7. The van der Waals surface area contributed by atoms with E-state index in [0.717, 1.165) is 31.9 Å². The van der Waals surface area contributed by atoms with E-state index in [9.17, 15) is 0 Å². The molecule has 0 heterocycles. The topological polar surface area (TPSA) is 24.5 Å². The molecule has 0 aliphatic rings. The summed E-state index contributed by atoms with van der Waals surface area (Å²) in [6, 6.07) is 7.02. The molecule has 0 amide bonds. The van der Waals surface area contributed by atoms with Crippen molar-refractivity contribution in [1.82, 2.24) is 10.2 Å². The molecular weight excluding hydrogens is 236 g/mol. The largest absolute Gasteiger partial charge is 0.496 e. The molecule has 0 aliphatic heterocycles. The third-order valence-corrected chi connectivity index (χ3v) is 3.43. The summed E-state index contributed by atoms with van der Waals surface area (Å²) in [5, 5.41) is 3.36. The summed E-state index contributed by atoms with van der Waals surface area (Å²) in [5.74, 6) is 0.986. The predicted molar refractivity (Wildman–Crippen MR) is 81.6 cm³/mol. The molecule has 0 aliphatic carbocycles. The third kappa shape index (κ3) is 4.84. The van der Waals surface area contributed by atoms with Gasteiger partial charge in [0, 0.05) is 24.7 Å². The van der Waals surface area contributed by atoms with Crippen LogP contribution in [0.25, 0.3) is 0 Å². The zero-order valence-corrected chi connectivity index (χ0v) is 13.0. The third-order valence-electron chi connectivity index (χ3n) is 3.43. The van der Waals surface area contributed by atoms with E-state index < -0.39 is 0 Å². The number of nitrogens with zero attached hydrogens (tertiary/aromatic N) is 1. The lowest BCUT2D eigenvalue weighted by atomic mass is 10.1. The highest BCUT2D eigenvalue weighted by molar-refractivity contribution is 5.37. The lowest BCUT2D eigenvalue weighted by molar-refractivity contribution is 0.221. The number of rotatable bonds is 8. The average molecular weight is 264 g/mol. The van der Waals surface area contributed by atoms with Crippen molar-refractivity contribution >= 4 is 0 Å². The van der Waals surface area contributed by atoms with Crippen LogP contribution in [-0.4, -0.2) is 31.1 Å². The molecule has 1 aromatic rings. The molecule has 0 unspecified atom stereocenters. The Labute approximate surface area is 118 Å². The van der Waals surface area contributed by atoms with E-state index in [4.69, 9.17) is 4.74 Å². The van der Waals surface area contributed by atoms with Crippen molar-refractivity contribution < 1.29 is 4.74 Å². The molecular formula is C16H28N2O. The van der Waals surface area contributed by atoms with E-state index in [1.54, 1.807) is 7.11 Å². The lowest BCUT2D eigenvalue weighted by Gasteiger charge is -2.26. The van der Waals surface area contributed by atoms with Gasteiger partial charge in [0.05, 0.1) is 7.11 Å². The van der Waals surface area contributed by atoms with Crippen molar-refractivity contribution in [3.8, 4) is 5.75 Å². The molecule has 0 saturated carbocycles. The SMILES string of the molecule is CCNCc1ccc(OC)c(CN(CC)C(C)C)c1. The minimum atomic E-state index is 0.548. The fourth-order valence-corrected chi connectivity index (χ4v) is 2.21. The maximum Gasteiger partial charge on any atom is 0.123 e. The fraction of sp³-hybridized carbons (Fsp3) is 0.625. The molecule has 1 rings (SSSR count). The Bertz CT molecular complexity index is 377. The van der Waals surface area contributed by atoms with Crippen LogP contribution in [0.5, 0.6) is 5.75 Å². The number of ether oxygens (including phenoxy) is 1. The number of hydrogen-bond donors (Lipinski definition) is 1. The smallest absolute Gasteiger partial charge is 0.123 e. The Hall–Kier alpha value is -1.06. The van der Waals surface area contributed by atoms with Crippen molar-refractivity contribution in [3.05, 3.63) is 29.3 Å². The highest BCUT2D eigenvalue weighted by atomic mass is 16.5. The van der Waals surface area contributed by atoms with Gasteiger partial charge >= 0.3 is 0 Å². The number of methoxy groups -OCH3 is 1. The molecule has 0 bridgehead atoms. The van der Waals surface area contributed by atoms with Crippen LogP contribution in [0.1, 0.15) is 38.8 Å². The Morgan fingerprint density at radius 2 is 2.00 bits per heavy atom. The number of nitrogens with one attached hydrogen (secondary N) is 1. The van der Waals surface area contributed by atoms with Crippen LogP contribution in [0, 0.1) is 0 Å². The average Bonchev–Trinajstić information content (AvgIpc) is 2.42. The van der Waals surface area contributed by atoms with Crippen LogP contribution >= 0.6 is 0 Å². The molecule has 1 N–H and O–H groups in total. The van der Waals surface area contributed by atoms with E-state index in [0.29, 0.717) is 6.04 Å². The normalized spacial score (nSPS) is 11.3. The van der Waals surface area contributed by atoms with Gasteiger partial charge in [0.25, 0.3) is 0 Å². The van der Waals surface area contributed by atoms with Gasteiger partial charge in [-0.05, 0) is 44.6 Å². The molecule has 108 valence electrons. The number of hydrogen-bond acceptors (Lipinski definition) is 3. The second kappa shape index (κ2) is 8.18. The first-order valence-corrected chi connectivity index (χ1v) is 7.22. The molecule has 1 aromatic carbocycles. The van der Waals surface area contributed by atoms with Gasteiger partial charge in [0.1, 0.15) is 5.75 Å². The molecule has 0 saturated heterocycles. The number of benzene rings is 1. The minimum Gasteiger partial charge on any atom is -0.496 e. The maximum atomic E-state index is 5.48. The first-order chi connectivity index (χ1) is 9.12. The van der Waals surface area contributed by atoms with Crippen molar-refractivity contribution in [2.75, 3.05) is 20.2 Å². The standard InChI is InChI=1S/C16H28N2O/c1-6-17-11-14-8-9-16(19-5)15(10-14)12-18(7-2)13(3)4/h8-10,13,17H,6-7,11-12H2,1-5H3. The molecule has 19 heavy (non-hydrogen) atoms. The summed E-state index contributed by atoms with van der Waals surface area (Å²) in [5.41, 5.74) is 2.59. The van der Waals surface area contributed by atoms with Gasteiger partial charge in [0.2, 0.25) is 0 Å². The van der Waals surface area contributed by atoms with Crippen molar-refractivity contribution in [1.29, 1.82) is 0 Å². The fourth-order valence-electron chi connectivity index (χ4n) is 2.21. The van der Waals surface area contributed by atoms with Crippen LogP contribution in [-0.2, 0) is 13.1 Å². The highest BCUT2D eigenvalue weighted by Gasteiger charge is 2.11. The second-order valence-electron chi connectivity index (χ2n) is 5.08. The molecule has 3 nitrogen and oxygen atoms in total. The summed E-state index contributed by atoms with van der Waals surface area (Å²) in [6.07, 6.45) is 0. The van der Waals surface area contributed by atoms with Gasteiger partial charge in [-0.1, -0.05) is 19.9 Å². The van der Waals surface area contributed by atoms with Crippen LogP contribution < -0.4 is 10.1 Å². The van der Waals surface area contributed by atoms with Crippen molar-refractivity contribution in [2.45, 2.75) is 46.8 Å². The Balaban J connectivity index is 2.88. The van der Waals surface area contributed by atoms with E-state index in [2.05, 4.69) is 56.1 Å². The summed E-state index contributed by atoms with van der Waals surface area (Å²) < 4.78 is 5.48. The first kappa shape index (κ1) is 16.0. The second-order valence-corrected chi connectivity index (χ2v) is 5.08. The molecule has 0 aromatic heterocycles. The van der Waals surface area contributed by atoms with Crippen LogP contribution in [0.15, 0.2) is 18.2 Å². The van der Waals surface area contributed by atoms with Gasteiger partial charge in [-0.2, -0.15) is 0 Å². The lowest BCUT2D eigenvalue weighted by Crippen LogP contribution is -2.30. The van der Waals surface area contributed by atoms with Crippen LogP contribution in [0.2, 0.25) is 0 Å². The van der Waals surface area contributed by atoms with E-state index >= 15 is 0 Å². The van der Waals surface area contributed by atoms with Gasteiger partial charge in [-0.15, -0.1) is 0 Å². The van der Waals surface area contributed by atoms with Gasteiger partial charge in [-0.3, -0.25) is 4.90 Å². The van der Waals surface area contributed by atoms with Crippen LogP contribution in [0.3, 0.4) is 0 Å². The zero-order chi connectivity index (χ0) is 14.3. The van der Waals surface area contributed by atoms with Gasteiger partial charge < -0.3 is 10.1 Å². The molecule has 3 heteroatoms. The maximum absolute atomic E-state index is 5.48. The molecule has 0 radical (unpaired) electrons. The molecule has 0 atom stereocenters. The van der Waals surface area contributed by atoms with E-state index in [1.165, 1.54) is 11.1 Å². The van der Waals surface area contributed by atoms with E-state index in [-0.39, 0.29) is 0 Å². The van der Waals surface area contributed by atoms with Crippen LogP contribution in [0.4, 0.5) is 0 Å². The van der Waals surface area contributed by atoms with Gasteiger partial charge in [-0.25, -0.2) is 0 Å². The highest BCUT2D eigenvalue weighted by Crippen LogP contribution is 2.22. The van der Waals surface area contributed by atoms with Gasteiger partial charge in [0.15, 0.2) is 0 Å². The Morgan fingerprint density at radius 3 is 2.53 bits per heavy atom. The minimum absolute atomic E-state index is 0.548. The zero-order valence-electron chi connectivity index (χ0n) is 13.0. The first-order valence-electron chi connectivity index (χ1n) is 7.22. The Morgan fingerprint density at radius 1 is 1.26 bits per heavy atom. The van der Waals surface area contributed by atoms with Crippen molar-refractivity contribution in [3.63, 3.8) is 0 Å². The summed E-state index contributed by atoms with van der Waals surface area (Å²) in [4.78, 5) is 2.44. The summed E-state index contributed by atoms with van der Waals surface area (Å²) >= 11 is 0. The predicted octanol–water partition coefficient (Wildman–Crippen LogP) is 3.04. The summed E-state index contributed by atoms with van der Waals surface area (Å²) in [7, 11) is 1.74. The molecule has 0 fully saturated rings. The van der Waals surface area contributed by atoms with Crippen molar-refractivity contribution in [2.24, 2.45) is 0 Å². The van der Waals surface area contributed by atoms with E-state index in [1.807, 2.05) is 0 Å². The Kier molecular flexibility index (Phi) is 6.89. The monoisotopic (exact) mass is 264 g/mol. The quantitative estimate of drug-likeness (QED) is 0.781.